The molecular formula is C24H24N4O2S2. The molecule has 0 atom stereocenters. The van der Waals surface area contributed by atoms with Gasteiger partial charge in [0.15, 0.2) is 5.16 Å². The van der Waals surface area contributed by atoms with Crippen LogP contribution in [-0.2, 0) is 30.6 Å². The van der Waals surface area contributed by atoms with Crippen molar-refractivity contribution in [2.24, 2.45) is 0 Å². The summed E-state index contributed by atoms with van der Waals surface area (Å²) in [6.45, 7) is 4.73. The lowest BCUT2D eigenvalue weighted by Crippen LogP contribution is -2.28. The van der Waals surface area contributed by atoms with Gasteiger partial charge in [-0.3, -0.25) is 14.2 Å². The third kappa shape index (κ3) is 3.89. The molecule has 32 heavy (non-hydrogen) atoms. The lowest BCUT2D eigenvalue weighted by atomic mass is 10.1. The monoisotopic (exact) mass is 464 g/mol. The van der Waals surface area contributed by atoms with Gasteiger partial charge in [-0.15, -0.1) is 17.9 Å². The highest BCUT2D eigenvalue weighted by atomic mass is 32.2. The van der Waals surface area contributed by atoms with E-state index in [2.05, 4.69) is 22.9 Å². The van der Waals surface area contributed by atoms with E-state index in [1.807, 2.05) is 24.4 Å². The van der Waals surface area contributed by atoms with E-state index in [0.717, 1.165) is 41.4 Å². The van der Waals surface area contributed by atoms with Crippen LogP contribution in [0.15, 0.2) is 53.1 Å². The van der Waals surface area contributed by atoms with Crippen molar-refractivity contribution in [3.63, 3.8) is 0 Å². The summed E-state index contributed by atoms with van der Waals surface area (Å²) >= 11 is 2.93. The summed E-state index contributed by atoms with van der Waals surface area (Å²) < 4.78 is 1.64. The Hall–Kier alpha value is -2.84. The number of thioether (sulfide) groups is 1. The quantitative estimate of drug-likeness (QED) is 0.234. The number of hydrogen-bond donors (Lipinski definition) is 2. The summed E-state index contributed by atoms with van der Waals surface area (Å²) in [7, 11) is 0. The third-order valence-electron chi connectivity index (χ3n) is 5.83. The number of nitrogens with one attached hydrogen (secondary N) is 2. The molecular weight excluding hydrogens is 440 g/mol. The minimum atomic E-state index is -0.0667. The SMILES string of the molecule is C=CCn1c(SCC(=O)NCCc2c[nH]c3ccccc23)nc2sc3c(c2c1=O)CCC3. The number of fused-ring (bicyclic) bond motifs is 4. The molecule has 5 rings (SSSR count). The van der Waals surface area contributed by atoms with Crippen LogP contribution < -0.4 is 10.9 Å². The van der Waals surface area contributed by atoms with Crippen molar-refractivity contribution in [2.45, 2.75) is 37.4 Å². The number of amides is 1. The predicted molar refractivity (Wildman–Crippen MR) is 132 cm³/mol. The normalized spacial score (nSPS) is 13.0. The lowest BCUT2D eigenvalue weighted by Gasteiger charge is -2.10. The molecule has 3 aromatic heterocycles. The number of aromatic nitrogens is 3. The molecule has 0 spiro atoms. The van der Waals surface area contributed by atoms with Crippen molar-refractivity contribution in [2.75, 3.05) is 12.3 Å². The first kappa shape index (κ1) is 21.0. The second kappa shape index (κ2) is 8.96. The smallest absolute Gasteiger partial charge is 0.263 e. The van der Waals surface area contributed by atoms with Gasteiger partial charge in [0.05, 0.1) is 11.1 Å². The molecule has 164 valence electrons. The van der Waals surface area contributed by atoms with Crippen LogP contribution in [0.25, 0.3) is 21.1 Å². The van der Waals surface area contributed by atoms with Gasteiger partial charge in [-0.1, -0.05) is 36.0 Å². The average Bonchev–Trinajstić information content (AvgIpc) is 3.49. The number of nitrogens with zero attached hydrogens (tertiary/aromatic N) is 2. The largest absolute Gasteiger partial charge is 0.361 e. The maximum Gasteiger partial charge on any atom is 0.263 e. The highest BCUT2D eigenvalue weighted by Crippen LogP contribution is 2.35. The number of carbonyl (C=O) groups is 1. The Labute approximate surface area is 193 Å². The topological polar surface area (TPSA) is 79.8 Å². The van der Waals surface area contributed by atoms with Gasteiger partial charge in [0, 0.05) is 35.1 Å². The van der Waals surface area contributed by atoms with Gasteiger partial charge in [0.1, 0.15) is 4.83 Å². The van der Waals surface area contributed by atoms with Crippen molar-refractivity contribution >= 4 is 50.1 Å². The molecule has 1 aromatic carbocycles. The number of aryl methyl sites for hydroxylation is 2. The zero-order chi connectivity index (χ0) is 22.1. The summed E-state index contributed by atoms with van der Waals surface area (Å²) in [5, 5.41) is 5.51. The molecule has 1 aliphatic rings. The van der Waals surface area contributed by atoms with Gasteiger partial charge in [0.25, 0.3) is 5.56 Å². The maximum absolute atomic E-state index is 13.2. The van der Waals surface area contributed by atoms with Crippen molar-refractivity contribution < 1.29 is 4.79 Å². The van der Waals surface area contributed by atoms with Crippen LogP contribution >= 0.6 is 23.1 Å². The first-order chi connectivity index (χ1) is 15.7. The van der Waals surface area contributed by atoms with Crippen LogP contribution in [0.5, 0.6) is 0 Å². The van der Waals surface area contributed by atoms with Crippen molar-refractivity contribution in [1.82, 2.24) is 19.9 Å². The van der Waals surface area contributed by atoms with Gasteiger partial charge in [-0.25, -0.2) is 4.98 Å². The molecule has 0 aliphatic heterocycles. The Kier molecular flexibility index (Phi) is 5.89. The fourth-order valence-electron chi connectivity index (χ4n) is 4.31. The molecule has 0 bridgehead atoms. The van der Waals surface area contributed by atoms with Crippen molar-refractivity contribution in [1.29, 1.82) is 0 Å². The van der Waals surface area contributed by atoms with Crippen LogP contribution in [0.2, 0.25) is 0 Å². The van der Waals surface area contributed by atoms with Gasteiger partial charge >= 0.3 is 0 Å². The lowest BCUT2D eigenvalue weighted by molar-refractivity contribution is -0.118. The van der Waals surface area contributed by atoms with E-state index in [1.54, 1.807) is 22.0 Å². The van der Waals surface area contributed by atoms with Crippen molar-refractivity contribution in [3.05, 3.63) is 69.5 Å². The summed E-state index contributed by atoms with van der Waals surface area (Å²) in [6, 6.07) is 8.15. The van der Waals surface area contributed by atoms with Crippen LogP contribution in [0, 0.1) is 0 Å². The zero-order valence-electron chi connectivity index (χ0n) is 17.6. The first-order valence-corrected chi connectivity index (χ1v) is 12.6. The number of benzene rings is 1. The summed E-state index contributed by atoms with van der Waals surface area (Å²) in [5.41, 5.74) is 3.44. The fraction of sp³-hybridized carbons (Fsp3) is 0.292. The molecule has 2 N–H and O–H groups in total. The van der Waals surface area contributed by atoms with E-state index in [0.29, 0.717) is 18.2 Å². The Balaban J connectivity index is 1.26. The number of carbonyl (C=O) groups excluding carboxylic acids is 1. The highest BCUT2D eigenvalue weighted by molar-refractivity contribution is 7.99. The van der Waals surface area contributed by atoms with Crippen LogP contribution in [0.1, 0.15) is 22.4 Å². The molecule has 0 radical (unpaired) electrons. The number of rotatable bonds is 8. The standard InChI is InChI=1S/C24H24N4O2S2/c1-2-12-28-23(30)21-17-7-5-9-19(17)32-22(21)27-24(28)31-14-20(29)25-11-10-15-13-26-18-8-4-3-6-16(15)18/h2-4,6,8,13,26H,1,5,7,9-12,14H2,(H,25,29). The molecule has 0 fully saturated rings. The summed E-state index contributed by atoms with van der Waals surface area (Å²) in [6.07, 6.45) is 7.54. The third-order valence-corrected chi connectivity index (χ3v) is 7.99. The maximum atomic E-state index is 13.2. The van der Waals surface area contributed by atoms with Gasteiger partial charge in [-0.2, -0.15) is 0 Å². The minimum absolute atomic E-state index is 0.0171. The fourth-order valence-corrected chi connectivity index (χ4v) is 6.46. The van der Waals surface area contributed by atoms with E-state index in [-0.39, 0.29) is 17.2 Å². The average molecular weight is 465 g/mol. The van der Waals surface area contributed by atoms with E-state index in [9.17, 15) is 9.59 Å². The number of thiophene rings is 1. The van der Waals surface area contributed by atoms with Crippen LogP contribution in [0.3, 0.4) is 0 Å². The summed E-state index contributed by atoms with van der Waals surface area (Å²) in [5.74, 6) is 0.150. The molecule has 6 nitrogen and oxygen atoms in total. The molecule has 0 saturated heterocycles. The van der Waals surface area contributed by atoms with Crippen LogP contribution in [0.4, 0.5) is 0 Å². The summed E-state index contributed by atoms with van der Waals surface area (Å²) in [4.78, 5) is 35.7. The van der Waals surface area contributed by atoms with Gasteiger partial charge < -0.3 is 10.3 Å². The molecule has 8 heteroatoms. The number of allylic oxidation sites excluding steroid dienone is 1. The Morgan fingerprint density at radius 2 is 2.22 bits per heavy atom. The van der Waals surface area contributed by atoms with E-state index in [1.165, 1.54) is 33.2 Å². The van der Waals surface area contributed by atoms with Crippen LogP contribution in [-0.4, -0.2) is 32.7 Å². The zero-order valence-corrected chi connectivity index (χ0v) is 19.3. The molecule has 0 unspecified atom stereocenters. The molecule has 0 saturated carbocycles. The van der Waals surface area contributed by atoms with E-state index < -0.39 is 0 Å². The van der Waals surface area contributed by atoms with Gasteiger partial charge in [-0.05, 0) is 42.9 Å². The minimum Gasteiger partial charge on any atom is -0.361 e. The second-order valence-corrected chi connectivity index (χ2v) is 9.91. The van der Waals surface area contributed by atoms with Gasteiger partial charge in [0.2, 0.25) is 5.91 Å². The van der Waals surface area contributed by atoms with Crippen molar-refractivity contribution in [3.8, 4) is 0 Å². The molecule has 1 aliphatic carbocycles. The number of H-pyrrole nitrogens is 1. The predicted octanol–water partition coefficient (Wildman–Crippen LogP) is 4.07. The Morgan fingerprint density at radius 1 is 1.34 bits per heavy atom. The van der Waals surface area contributed by atoms with E-state index in [4.69, 9.17) is 4.98 Å². The molecule has 3 heterocycles. The second-order valence-electron chi connectivity index (χ2n) is 7.88. The molecule has 1 amide bonds. The Bertz CT molecular complexity index is 1380. The Morgan fingerprint density at radius 3 is 3.09 bits per heavy atom. The number of para-hydroxylation sites is 1. The highest BCUT2D eigenvalue weighted by Gasteiger charge is 2.23. The number of hydrogen-bond acceptors (Lipinski definition) is 5. The molecule has 4 aromatic rings. The first-order valence-electron chi connectivity index (χ1n) is 10.8. The van der Waals surface area contributed by atoms with E-state index >= 15 is 0 Å². The number of aromatic amines is 1.